The molecule has 2 aromatic carbocycles. The molecule has 0 unspecified atom stereocenters. The number of carbonyl (C=O) groups is 1. The quantitative estimate of drug-likeness (QED) is 0.925. The number of ether oxygens (including phenoxy) is 1. The number of halogens is 1. The van der Waals surface area contributed by atoms with E-state index >= 15 is 0 Å². The number of methoxy groups -OCH3 is 1. The van der Waals surface area contributed by atoms with Gasteiger partial charge >= 0.3 is 5.97 Å². The second kappa shape index (κ2) is 5.33. The lowest BCUT2D eigenvalue weighted by Crippen LogP contribution is -2.00. The Hall–Kier alpha value is -2.36. The van der Waals surface area contributed by atoms with Gasteiger partial charge in [-0.3, -0.25) is 0 Å². The summed E-state index contributed by atoms with van der Waals surface area (Å²) < 4.78 is 19.5. The first-order chi connectivity index (χ1) is 9.43. The van der Waals surface area contributed by atoms with Gasteiger partial charge in [-0.2, -0.15) is 0 Å². The van der Waals surface area contributed by atoms with E-state index in [-0.39, 0.29) is 11.4 Å². The Labute approximate surface area is 116 Å². The molecule has 2 rings (SSSR count). The maximum absolute atomic E-state index is 14.2. The largest absolute Gasteiger partial charge is 0.496 e. The lowest BCUT2D eigenvalue weighted by molar-refractivity contribution is 0.0697. The van der Waals surface area contributed by atoms with Gasteiger partial charge in [-0.25, -0.2) is 9.18 Å². The van der Waals surface area contributed by atoms with Crippen LogP contribution in [0.2, 0.25) is 0 Å². The summed E-state index contributed by atoms with van der Waals surface area (Å²) in [6.45, 7) is 3.60. The fraction of sp³-hybridized carbons (Fsp3) is 0.188. The average Bonchev–Trinajstić information content (AvgIpc) is 2.37. The topological polar surface area (TPSA) is 46.5 Å². The van der Waals surface area contributed by atoms with Crippen LogP contribution >= 0.6 is 0 Å². The van der Waals surface area contributed by atoms with Crippen LogP contribution in [0.4, 0.5) is 4.39 Å². The number of hydrogen-bond donors (Lipinski definition) is 1. The Morgan fingerprint density at radius 2 is 1.90 bits per heavy atom. The Balaban J connectivity index is 2.74. The van der Waals surface area contributed by atoms with Crippen molar-refractivity contribution >= 4 is 5.97 Å². The highest BCUT2D eigenvalue weighted by Crippen LogP contribution is 2.35. The van der Waals surface area contributed by atoms with Gasteiger partial charge in [-0.1, -0.05) is 6.07 Å². The molecule has 0 atom stereocenters. The average molecular weight is 274 g/mol. The smallest absolute Gasteiger partial charge is 0.335 e. The van der Waals surface area contributed by atoms with Crippen molar-refractivity contribution in [2.75, 3.05) is 7.11 Å². The van der Waals surface area contributed by atoms with Gasteiger partial charge in [0.25, 0.3) is 0 Å². The predicted octanol–water partition coefficient (Wildman–Crippen LogP) is 3.82. The van der Waals surface area contributed by atoms with Gasteiger partial charge in [-0.15, -0.1) is 0 Å². The molecule has 0 aliphatic heterocycles. The van der Waals surface area contributed by atoms with Crippen LogP contribution in [0.5, 0.6) is 5.75 Å². The van der Waals surface area contributed by atoms with Crippen molar-refractivity contribution in [2.24, 2.45) is 0 Å². The van der Waals surface area contributed by atoms with E-state index in [1.807, 2.05) is 13.0 Å². The monoisotopic (exact) mass is 274 g/mol. The van der Waals surface area contributed by atoms with Crippen LogP contribution in [0.1, 0.15) is 21.5 Å². The molecule has 0 spiro atoms. The highest BCUT2D eigenvalue weighted by molar-refractivity contribution is 5.91. The maximum Gasteiger partial charge on any atom is 0.335 e. The van der Waals surface area contributed by atoms with Gasteiger partial charge in [0.1, 0.15) is 11.6 Å². The molecule has 3 nitrogen and oxygen atoms in total. The molecule has 2 aromatic rings. The molecule has 0 radical (unpaired) electrons. The third-order valence-electron chi connectivity index (χ3n) is 3.15. The zero-order valence-electron chi connectivity index (χ0n) is 11.5. The summed E-state index contributed by atoms with van der Waals surface area (Å²) in [5.41, 5.74) is 2.47. The zero-order valence-corrected chi connectivity index (χ0v) is 11.5. The van der Waals surface area contributed by atoms with Crippen LogP contribution in [-0.4, -0.2) is 18.2 Å². The van der Waals surface area contributed by atoms with E-state index in [0.29, 0.717) is 16.9 Å². The molecule has 0 bridgehead atoms. The van der Waals surface area contributed by atoms with E-state index in [9.17, 15) is 9.18 Å². The highest BCUT2D eigenvalue weighted by Gasteiger charge is 2.16. The number of benzene rings is 2. The Kier molecular flexibility index (Phi) is 3.74. The van der Waals surface area contributed by atoms with Gasteiger partial charge in [0.05, 0.1) is 12.7 Å². The summed E-state index contributed by atoms with van der Waals surface area (Å²) in [7, 11) is 1.47. The Morgan fingerprint density at radius 1 is 1.20 bits per heavy atom. The molecule has 0 aliphatic carbocycles. The van der Waals surface area contributed by atoms with Crippen LogP contribution in [0.15, 0.2) is 30.3 Å². The second-order valence-corrected chi connectivity index (χ2v) is 4.66. The van der Waals surface area contributed by atoms with Gasteiger partial charge < -0.3 is 9.84 Å². The van der Waals surface area contributed by atoms with Crippen molar-refractivity contribution in [1.29, 1.82) is 0 Å². The van der Waals surface area contributed by atoms with Gasteiger partial charge in [-0.05, 0) is 49.2 Å². The molecule has 20 heavy (non-hydrogen) atoms. The minimum absolute atomic E-state index is 0.0974. The van der Waals surface area contributed by atoms with E-state index in [4.69, 9.17) is 9.84 Å². The molecular formula is C16H15FO3. The fourth-order valence-corrected chi connectivity index (χ4v) is 2.29. The van der Waals surface area contributed by atoms with Crippen molar-refractivity contribution in [1.82, 2.24) is 0 Å². The van der Waals surface area contributed by atoms with Crippen molar-refractivity contribution < 1.29 is 19.0 Å². The van der Waals surface area contributed by atoms with Crippen molar-refractivity contribution in [2.45, 2.75) is 13.8 Å². The van der Waals surface area contributed by atoms with E-state index in [1.165, 1.54) is 31.4 Å². The van der Waals surface area contributed by atoms with Crippen LogP contribution < -0.4 is 4.74 Å². The van der Waals surface area contributed by atoms with E-state index < -0.39 is 5.97 Å². The summed E-state index contributed by atoms with van der Waals surface area (Å²) in [5.74, 6) is -0.997. The molecule has 0 amide bonds. The van der Waals surface area contributed by atoms with Gasteiger partial charge in [0.2, 0.25) is 0 Å². The molecule has 1 N–H and O–H groups in total. The molecule has 104 valence electrons. The van der Waals surface area contributed by atoms with Crippen LogP contribution in [0.25, 0.3) is 11.1 Å². The number of aryl methyl sites for hydroxylation is 2. The van der Waals surface area contributed by atoms with E-state index in [2.05, 4.69) is 0 Å². The first kappa shape index (κ1) is 14.1. The van der Waals surface area contributed by atoms with E-state index in [1.54, 1.807) is 6.92 Å². The van der Waals surface area contributed by atoms with Crippen LogP contribution in [0.3, 0.4) is 0 Å². The summed E-state index contributed by atoms with van der Waals surface area (Å²) in [6, 6.07) is 7.69. The van der Waals surface area contributed by atoms with Crippen LogP contribution in [0, 0.1) is 19.7 Å². The fourth-order valence-electron chi connectivity index (χ4n) is 2.29. The molecule has 0 saturated carbocycles. The van der Waals surface area contributed by atoms with Crippen molar-refractivity contribution in [3.63, 3.8) is 0 Å². The normalized spacial score (nSPS) is 10.4. The van der Waals surface area contributed by atoms with Crippen molar-refractivity contribution in [3.8, 4) is 16.9 Å². The highest BCUT2D eigenvalue weighted by atomic mass is 19.1. The lowest BCUT2D eigenvalue weighted by atomic mass is 9.95. The van der Waals surface area contributed by atoms with Crippen molar-refractivity contribution in [3.05, 3.63) is 52.8 Å². The third-order valence-corrected chi connectivity index (χ3v) is 3.15. The minimum Gasteiger partial charge on any atom is -0.496 e. The summed E-state index contributed by atoms with van der Waals surface area (Å²) >= 11 is 0. The second-order valence-electron chi connectivity index (χ2n) is 4.66. The molecule has 0 aliphatic rings. The molecule has 0 heterocycles. The van der Waals surface area contributed by atoms with Gasteiger partial charge in [0, 0.05) is 11.1 Å². The molecule has 0 fully saturated rings. The molecule has 0 saturated heterocycles. The lowest BCUT2D eigenvalue weighted by Gasteiger charge is -2.13. The third kappa shape index (κ3) is 2.50. The molecular weight excluding hydrogens is 259 g/mol. The first-order valence-electron chi connectivity index (χ1n) is 6.12. The molecule has 0 aromatic heterocycles. The van der Waals surface area contributed by atoms with Gasteiger partial charge in [0.15, 0.2) is 0 Å². The van der Waals surface area contributed by atoms with Crippen LogP contribution in [-0.2, 0) is 0 Å². The zero-order chi connectivity index (χ0) is 14.9. The Bertz CT molecular complexity index is 654. The number of aromatic carboxylic acids is 1. The maximum atomic E-state index is 14.2. The van der Waals surface area contributed by atoms with E-state index in [0.717, 1.165) is 11.1 Å². The number of carboxylic acid groups (broad SMARTS) is 1. The predicted molar refractivity (Wildman–Crippen MR) is 74.8 cm³/mol. The number of rotatable bonds is 3. The summed E-state index contributed by atoms with van der Waals surface area (Å²) in [5, 5.41) is 9.07. The first-order valence-corrected chi connectivity index (χ1v) is 6.12. The number of hydrogen-bond acceptors (Lipinski definition) is 2. The Morgan fingerprint density at radius 3 is 2.45 bits per heavy atom. The SMILES string of the molecule is COc1ccc(C(=O)O)cc1-c1c(C)cc(C)cc1F. The standard InChI is InChI=1S/C16H15FO3/c1-9-6-10(2)15(13(17)7-9)12-8-11(16(18)19)4-5-14(12)20-3/h4-8H,1-3H3,(H,18,19). The minimum atomic E-state index is -1.06. The summed E-state index contributed by atoms with van der Waals surface area (Å²) in [4.78, 5) is 11.1. The number of carboxylic acids is 1. The molecule has 4 heteroatoms. The summed E-state index contributed by atoms with van der Waals surface area (Å²) in [6.07, 6.45) is 0.